The normalized spacial score (nSPS) is 23.1. The van der Waals surface area contributed by atoms with E-state index in [9.17, 15) is 0 Å². The second kappa shape index (κ2) is 5.41. The highest BCUT2D eigenvalue weighted by molar-refractivity contribution is 5.36. The first kappa shape index (κ1) is 13.6. The number of fused-ring (bicyclic) bond motifs is 1. The van der Waals surface area contributed by atoms with Crippen molar-refractivity contribution in [1.82, 2.24) is 5.32 Å². The number of hydrogen-bond acceptors (Lipinski definition) is 2. The largest absolute Gasteiger partial charge is 0.376 e. The first-order valence-corrected chi connectivity index (χ1v) is 6.88. The third-order valence-corrected chi connectivity index (χ3v) is 3.68. The molecule has 0 saturated heterocycles. The Bertz CT molecular complexity index is 394. The molecule has 0 aromatic heterocycles. The summed E-state index contributed by atoms with van der Waals surface area (Å²) in [6.45, 7) is 7.63. The van der Waals surface area contributed by atoms with Crippen molar-refractivity contribution in [3.63, 3.8) is 0 Å². The average molecular weight is 247 g/mol. The van der Waals surface area contributed by atoms with Gasteiger partial charge in [-0.2, -0.15) is 0 Å². The molecule has 0 spiro atoms. The van der Waals surface area contributed by atoms with Crippen molar-refractivity contribution in [2.45, 2.75) is 45.8 Å². The molecule has 100 valence electrons. The number of nitrogens with one attached hydrogen (secondary N) is 1. The van der Waals surface area contributed by atoms with E-state index in [2.05, 4.69) is 50.4 Å². The lowest BCUT2D eigenvalue weighted by atomic mass is 9.93. The van der Waals surface area contributed by atoms with Gasteiger partial charge >= 0.3 is 0 Å². The zero-order valence-electron chi connectivity index (χ0n) is 12.0. The molecule has 1 aromatic carbocycles. The fraction of sp³-hybridized carbons (Fsp3) is 0.625. The van der Waals surface area contributed by atoms with Gasteiger partial charge in [0.2, 0.25) is 0 Å². The predicted molar refractivity (Wildman–Crippen MR) is 75.8 cm³/mol. The smallest absolute Gasteiger partial charge is 0.0810 e. The van der Waals surface area contributed by atoms with Crippen molar-refractivity contribution in [3.05, 3.63) is 35.4 Å². The Kier molecular flexibility index (Phi) is 4.08. The van der Waals surface area contributed by atoms with Crippen LogP contribution < -0.4 is 5.32 Å². The van der Waals surface area contributed by atoms with Crippen LogP contribution in [0.1, 0.15) is 44.4 Å². The second-order valence-corrected chi connectivity index (χ2v) is 6.39. The maximum Gasteiger partial charge on any atom is 0.0810 e. The zero-order valence-corrected chi connectivity index (χ0v) is 12.0. The SMILES string of the molecule is CNC1c2ccccc2CC1OCCC(C)(C)C. The Morgan fingerprint density at radius 3 is 2.67 bits per heavy atom. The number of benzene rings is 1. The van der Waals surface area contributed by atoms with Crippen LogP contribution in [0.2, 0.25) is 0 Å². The molecule has 2 rings (SSSR count). The summed E-state index contributed by atoms with van der Waals surface area (Å²) in [5, 5.41) is 3.39. The molecule has 0 heterocycles. The first-order chi connectivity index (χ1) is 8.51. The molecule has 0 radical (unpaired) electrons. The van der Waals surface area contributed by atoms with Crippen LogP contribution >= 0.6 is 0 Å². The summed E-state index contributed by atoms with van der Waals surface area (Å²) < 4.78 is 6.10. The van der Waals surface area contributed by atoms with Crippen LogP contribution in [0.5, 0.6) is 0 Å². The van der Waals surface area contributed by atoms with Crippen LogP contribution in [0.3, 0.4) is 0 Å². The molecule has 2 unspecified atom stereocenters. The fourth-order valence-electron chi connectivity index (χ4n) is 2.57. The van der Waals surface area contributed by atoms with E-state index in [1.54, 1.807) is 0 Å². The molecule has 0 fully saturated rings. The van der Waals surface area contributed by atoms with Gasteiger partial charge in [0, 0.05) is 13.0 Å². The van der Waals surface area contributed by atoms with Gasteiger partial charge in [-0.3, -0.25) is 0 Å². The van der Waals surface area contributed by atoms with Gasteiger partial charge in [-0.1, -0.05) is 45.0 Å². The molecule has 1 N–H and O–H groups in total. The van der Waals surface area contributed by atoms with Crippen molar-refractivity contribution >= 4 is 0 Å². The quantitative estimate of drug-likeness (QED) is 0.881. The molecule has 2 heteroatoms. The molecule has 0 aliphatic heterocycles. The molecule has 0 bridgehead atoms. The summed E-state index contributed by atoms with van der Waals surface area (Å²) in [4.78, 5) is 0. The first-order valence-electron chi connectivity index (χ1n) is 6.88. The molecular formula is C16H25NO. The van der Waals surface area contributed by atoms with Crippen LogP contribution in [0.4, 0.5) is 0 Å². The third-order valence-electron chi connectivity index (χ3n) is 3.68. The summed E-state index contributed by atoms with van der Waals surface area (Å²) in [6.07, 6.45) is 2.43. The Balaban J connectivity index is 1.96. The van der Waals surface area contributed by atoms with Crippen LogP contribution in [0.15, 0.2) is 24.3 Å². The summed E-state index contributed by atoms with van der Waals surface area (Å²) in [7, 11) is 2.02. The van der Waals surface area contributed by atoms with Gasteiger partial charge in [-0.25, -0.2) is 0 Å². The lowest BCUT2D eigenvalue weighted by molar-refractivity contribution is 0.0230. The van der Waals surface area contributed by atoms with E-state index >= 15 is 0 Å². The number of rotatable bonds is 4. The Morgan fingerprint density at radius 2 is 2.00 bits per heavy atom. The molecule has 2 nitrogen and oxygen atoms in total. The minimum absolute atomic E-state index is 0.287. The van der Waals surface area contributed by atoms with Gasteiger partial charge in [0.05, 0.1) is 12.1 Å². The minimum atomic E-state index is 0.287. The third kappa shape index (κ3) is 3.12. The Labute approximate surface area is 111 Å². The van der Waals surface area contributed by atoms with Crippen molar-refractivity contribution in [3.8, 4) is 0 Å². The zero-order chi connectivity index (χ0) is 13.2. The van der Waals surface area contributed by atoms with Crippen molar-refractivity contribution in [2.24, 2.45) is 5.41 Å². The van der Waals surface area contributed by atoms with Crippen molar-refractivity contribution in [1.29, 1.82) is 0 Å². The average Bonchev–Trinajstić information content (AvgIpc) is 2.64. The van der Waals surface area contributed by atoms with Gasteiger partial charge < -0.3 is 10.1 Å². The summed E-state index contributed by atoms with van der Waals surface area (Å²) in [6, 6.07) is 9.00. The molecule has 0 amide bonds. The van der Waals surface area contributed by atoms with Gasteiger partial charge in [-0.15, -0.1) is 0 Å². The molecule has 18 heavy (non-hydrogen) atoms. The predicted octanol–water partition coefficient (Wildman–Crippen LogP) is 3.32. The van der Waals surface area contributed by atoms with E-state index < -0.39 is 0 Å². The highest BCUT2D eigenvalue weighted by Gasteiger charge is 2.31. The molecular weight excluding hydrogens is 222 g/mol. The maximum absolute atomic E-state index is 6.10. The topological polar surface area (TPSA) is 21.3 Å². The summed E-state index contributed by atoms with van der Waals surface area (Å²) >= 11 is 0. The number of likely N-dealkylation sites (N-methyl/N-ethyl adjacent to an activating group) is 1. The highest BCUT2D eigenvalue weighted by Crippen LogP contribution is 2.33. The van der Waals surface area contributed by atoms with E-state index in [0.717, 1.165) is 19.4 Å². The molecule has 2 atom stereocenters. The number of ether oxygens (including phenoxy) is 1. The van der Waals surface area contributed by atoms with E-state index in [1.807, 2.05) is 7.05 Å². The Morgan fingerprint density at radius 1 is 1.28 bits per heavy atom. The Hall–Kier alpha value is -0.860. The van der Waals surface area contributed by atoms with Gasteiger partial charge in [0.25, 0.3) is 0 Å². The van der Waals surface area contributed by atoms with E-state index in [4.69, 9.17) is 4.74 Å². The van der Waals surface area contributed by atoms with Gasteiger partial charge in [0.1, 0.15) is 0 Å². The van der Waals surface area contributed by atoms with E-state index in [-0.39, 0.29) is 6.10 Å². The number of hydrogen-bond donors (Lipinski definition) is 1. The monoisotopic (exact) mass is 247 g/mol. The lowest BCUT2D eigenvalue weighted by Crippen LogP contribution is -2.29. The summed E-state index contributed by atoms with van der Waals surface area (Å²) in [5.41, 5.74) is 3.18. The minimum Gasteiger partial charge on any atom is -0.376 e. The van der Waals surface area contributed by atoms with Gasteiger partial charge in [-0.05, 0) is 30.0 Å². The van der Waals surface area contributed by atoms with Gasteiger partial charge in [0.15, 0.2) is 0 Å². The van der Waals surface area contributed by atoms with Crippen LogP contribution in [-0.2, 0) is 11.2 Å². The lowest BCUT2D eigenvalue weighted by Gasteiger charge is -2.23. The standard InChI is InChI=1S/C16H25NO/c1-16(2,3)9-10-18-14-11-12-7-5-6-8-13(12)15(14)17-4/h5-8,14-15,17H,9-11H2,1-4H3. The van der Waals surface area contributed by atoms with Crippen LogP contribution in [0.25, 0.3) is 0 Å². The molecule has 0 saturated carbocycles. The van der Waals surface area contributed by atoms with Crippen molar-refractivity contribution in [2.75, 3.05) is 13.7 Å². The second-order valence-electron chi connectivity index (χ2n) is 6.39. The molecule has 1 aromatic rings. The van der Waals surface area contributed by atoms with E-state index in [0.29, 0.717) is 11.5 Å². The molecule has 1 aliphatic rings. The fourth-order valence-corrected chi connectivity index (χ4v) is 2.57. The maximum atomic E-state index is 6.10. The van der Waals surface area contributed by atoms with E-state index in [1.165, 1.54) is 11.1 Å². The van der Waals surface area contributed by atoms with Crippen LogP contribution in [0, 0.1) is 5.41 Å². The highest BCUT2D eigenvalue weighted by atomic mass is 16.5. The van der Waals surface area contributed by atoms with Crippen LogP contribution in [-0.4, -0.2) is 19.8 Å². The summed E-state index contributed by atoms with van der Waals surface area (Å²) in [5.74, 6) is 0. The van der Waals surface area contributed by atoms with Crippen molar-refractivity contribution < 1.29 is 4.74 Å². The molecule has 1 aliphatic carbocycles.